The van der Waals surface area contributed by atoms with E-state index in [1.807, 2.05) is 0 Å². The number of ether oxygens (including phenoxy) is 1. The van der Waals surface area contributed by atoms with Gasteiger partial charge < -0.3 is 9.84 Å². The molecule has 0 aromatic heterocycles. The van der Waals surface area contributed by atoms with Gasteiger partial charge in [0.05, 0.1) is 23.5 Å². The maximum Gasteiger partial charge on any atom is 0.338 e. The summed E-state index contributed by atoms with van der Waals surface area (Å²) in [4.78, 5) is 34.2. The summed E-state index contributed by atoms with van der Waals surface area (Å²) < 4.78 is 32.2. The van der Waals surface area contributed by atoms with Crippen LogP contribution in [0.1, 0.15) is 40.5 Å². The lowest BCUT2D eigenvalue weighted by molar-refractivity contribution is -0.136. The maximum absolute atomic E-state index is 12.5. The summed E-state index contributed by atoms with van der Waals surface area (Å²) in [5, 5.41) is 8.65. The Morgan fingerprint density at radius 1 is 1.00 bits per heavy atom. The Balaban J connectivity index is 2.15. The molecule has 0 aliphatic carbocycles. The highest BCUT2D eigenvalue weighted by molar-refractivity contribution is 7.92. The minimum Gasteiger partial charge on any atom is -0.481 e. The number of anilines is 1. The quantitative estimate of drug-likeness (QED) is 0.485. The predicted molar refractivity (Wildman–Crippen MR) is 101 cm³/mol. The summed E-state index contributed by atoms with van der Waals surface area (Å²) >= 11 is 0. The monoisotopic (exact) mass is 405 g/mol. The second-order valence-electron chi connectivity index (χ2n) is 5.75. The number of nitrogens with one attached hydrogen (secondary N) is 1. The van der Waals surface area contributed by atoms with Gasteiger partial charge in [-0.2, -0.15) is 0 Å². The Morgan fingerprint density at radius 3 is 2.29 bits per heavy atom. The molecule has 148 valence electrons. The molecule has 0 heterocycles. The van der Waals surface area contributed by atoms with Gasteiger partial charge in [0, 0.05) is 17.7 Å². The van der Waals surface area contributed by atoms with Crippen LogP contribution in [0.5, 0.6) is 0 Å². The van der Waals surface area contributed by atoms with Gasteiger partial charge in [-0.25, -0.2) is 13.2 Å². The molecule has 0 radical (unpaired) electrons. The fourth-order valence-corrected chi connectivity index (χ4v) is 3.37. The third kappa shape index (κ3) is 5.65. The molecule has 0 atom stereocenters. The molecule has 0 fully saturated rings. The molecule has 0 aliphatic rings. The molecule has 9 heteroatoms. The van der Waals surface area contributed by atoms with Gasteiger partial charge in [0.25, 0.3) is 10.0 Å². The Hall–Kier alpha value is -3.20. The number of carbonyl (C=O) groups excluding carboxylic acids is 2. The Kier molecular flexibility index (Phi) is 6.89. The van der Waals surface area contributed by atoms with Crippen molar-refractivity contribution in [3.63, 3.8) is 0 Å². The minimum atomic E-state index is -3.94. The van der Waals surface area contributed by atoms with Gasteiger partial charge in [-0.15, -0.1) is 0 Å². The SMILES string of the molecule is CCOC(=O)c1ccc(S(=O)(=O)Nc2cccc(C(=O)CCC(=O)O)c2)cc1. The summed E-state index contributed by atoms with van der Waals surface area (Å²) in [5.41, 5.74) is 0.599. The summed E-state index contributed by atoms with van der Waals surface area (Å²) in [6.45, 7) is 1.88. The third-order valence-electron chi connectivity index (χ3n) is 3.68. The highest BCUT2D eigenvalue weighted by Gasteiger charge is 2.17. The number of esters is 1. The number of sulfonamides is 1. The van der Waals surface area contributed by atoms with Gasteiger partial charge in [0.15, 0.2) is 5.78 Å². The van der Waals surface area contributed by atoms with Gasteiger partial charge in [-0.1, -0.05) is 12.1 Å². The van der Waals surface area contributed by atoms with Crippen LogP contribution in [0.3, 0.4) is 0 Å². The average molecular weight is 405 g/mol. The molecular formula is C19H19NO7S. The van der Waals surface area contributed by atoms with E-state index in [1.54, 1.807) is 6.92 Å². The Morgan fingerprint density at radius 2 is 1.68 bits per heavy atom. The number of hydrogen-bond acceptors (Lipinski definition) is 6. The number of carboxylic acids is 1. The molecule has 0 amide bonds. The van der Waals surface area contributed by atoms with E-state index in [2.05, 4.69) is 4.72 Å². The minimum absolute atomic E-state index is 0.0665. The number of carbonyl (C=O) groups is 3. The highest BCUT2D eigenvalue weighted by Crippen LogP contribution is 2.19. The van der Waals surface area contributed by atoms with Crippen molar-refractivity contribution in [2.75, 3.05) is 11.3 Å². The number of Topliss-reactive ketones (excluding diaryl/α,β-unsaturated/α-hetero) is 1. The first-order valence-corrected chi connectivity index (χ1v) is 9.86. The molecule has 0 aliphatic heterocycles. The predicted octanol–water partition coefficient (Wildman–Crippen LogP) is 2.71. The van der Waals surface area contributed by atoms with Crippen LogP contribution in [0.15, 0.2) is 53.4 Å². The molecule has 0 bridgehead atoms. The second-order valence-corrected chi connectivity index (χ2v) is 7.43. The van der Waals surface area contributed by atoms with Crippen LogP contribution < -0.4 is 4.72 Å². The van der Waals surface area contributed by atoms with Crippen molar-refractivity contribution in [3.05, 3.63) is 59.7 Å². The van der Waals surface area contributed by atoms with E-state index in [-0.39, 0.29) is 41.2 Å². The fourth-order valence-electron chi connectivity index (χ4n) is 2.32. The second kappa shape index (κ2) is 9.14. The van der Waals surface area contributed by atoms with Crippen LogP contribution in [-0.4, -0.2) is 37.9 Å². The molecule has 2 aromatic rings. The number of rotatable bonds is 9. The first-order valence-electron chi connectivity index (χ1n) is 8.38. The van der Waals surface area contributed by atoms with Crippen molar-refractivity contribution in [1.29, 1.82) is 0 Å². The van der Waals surface area contributed by atoms with E-state index in [0.717, 1.165) is 0 Å². The number of carboxylic acid groups (broad SMARTS) is 1. The molecule has 0 unspecified atom stereocenters. The van der Waals surface area contributed by atoms with Crippen LogP contribution in [0.4, 0.5) is 5.69 Å². The maximum atomic E-state index is 12.5. The van der Waals surface area contributed by atoms with Gasteiger partial charge in [-0.3, -0.25) is 14.3 Å². The molecule has 8 nitrogen and oxygen atoms in total. The molecular weight excluding hydrogens is 386 g/mol. The molecule has 0 saturated heterocycles. The molecule has 0 spiro atoms. The fraction of sp³-hybridized carbons (Fsp3) is 0.211. The standard InChI is InChI=1S/C19H19NO7S/c1-2-27-19(24)13-6-8-16(9-7-13)28(25,26)20-15-5-3-4-14(12-15)17(21)10-11-18(22)23/h3-9,12,20H,2,10-11H2,1H3,(H,22,23). The van der Waals surface area contributed by atoms with Gasteiger partial charge in [-0.05, 0) is 43.3 Å². The van der Waals surface area contributed by atoms with Crippen LogP contribution >= 0.6 is 0 Å². The summed E-state index contributed by atoms with van der Waals surface area (Å²) in [6.07, 6.45) is -0.484. The lowest BCUT2D eigenvalue weighted by Crippen LogP contribution is -2.14. The van der Waals surface area contributed by atoms with Crippen molar-refractivity contribution >= 4 is 33.4 Å². The van der Waals surface area contributed by atoms with E-state index in [9.17, 15) is 22.8 Å². The highest BCUT2D eigenvalue weighted by atomic mass is 32.2. The summed E-state index contributed by atoms with van der Waals surface area (Å²) in [7, 11) is -3.94. The van der Waals surface area contributed by atoms with Crippen LogP contribution in [0.25, 0.3) is 0 Å². The van der Waals surface area contributed by atoms with Crippen molar-refractivity contribution in [3.8, 4) is 0 Å². The smallest absolute Gasteiger partial charge is 0.338 e. The van der Waals surface area contributed by atoms with Gasteiger partial charge in [0.1, 0.15) is 0 Å². The van der Waals surface area contributed by atoms with E-state index >= 15 is 0 Å². The zero-order chi connectivity index (χ0) is 20.7. The van der Waals surface area contributed by atoms with Crippen molar-refractivity contribution in [2.45, 2.75) is 24.7 Å². The van der Waals surface area contributed by atoms with Crippen molar-refractivity contribution in [2.24, 2.45) is 0 Å². The first kappa shape index (κ1) is 21.1. The van der Waals surface area contributed by atoms with E-state index in [0.29, 0.717) is 0 Å². The molecule has 2 aromatic carbocycles. The molecule has 28 heavy (non-hydrogen) atoms. The van der Waals surface area contributed by atoms with E-state index < -0.39 is 27.7 Å². The summed E-state index contributed by atoms with van der Waals surface area (Å²) in [5.74, 6) is -2.04. The van der Waals surface area contributed by atoms with Gasteiger partial charge in [0.2, 0.25) is 0 Å². The van der Waals surface area contributed by atoms with Gasteiger partial charge >= 0.3 is 11.9 Å². The molecule has 2 rings (SSSR count). The van der Waals surface area contributed by atoms with Crippen LogP contribution in [0, 0.1) is 0 Å². The number of benzene rings is 2. The lowest BCUT2D eigenvalue weighted by atomic mass is 10.1. The van der Waals surface area contributed by atoms with Crippen LogP contribution in [0.2, 0.25) is 0 Å². The Labute approximate surface area is 162 Å². The Bertz CT molecular complexity index is 982. The first-order chi connectivity index (χ1) is 13.2. The largest absolute Gasteiger partial charge is 0.481 e. The number of aliphatic carboxylic acids is 1. The van der Waals surface area contributed by atoms with Crippen LogP contribution in [-0.2, 0) is 19.6 Å². The third-order valence-corrected chi connectivity index (χ3v) is 5.08. The number of hydrogen-bond donors (Lipinski definition) is 2. The summed E-state index contributed by atoms with van der Waals surface area (Å²) in [6, 6.07) is 11.0. The van der Waals surface area contributed by atoms with Crippen molar-refractivity contribution < 1.29 is 32.6 Å². The topological polar surface area (TPSA) is 127 Å². The average Bonchev–Trinajstić information content (AvgIpc) is 2.66. The van der Waals surface area contributed by atoms with E-state index in [1.165, 1.54) is 48.5 Å². The molecule has 2 N–H and O–H groups in total. The van der Waals surface area contributed by atoms with E-state index in [4.69, 9.17) is 9.84 Å². The molecule has 0 saturated carbocycles. The zero-order valence-electron chi connectivity index (χ0n) is 15.0. The zero-order valence-corrected chi connectivity index (χ0v) is 15.9. The van der Waals surface area contributed by atoms with Crippen molar-refractivity contribution in [1.82, 2.24) is 0 Å². The number of ketones is 1. The normalized spacial score (nSPS) is 10.9. The lowest BCUT2D eigenvalue weighted by Gasteiger charge is -2.10.